The molecule has 4 N–H and O–H groups in total. The Labute approximate surface area is 226 Å². The van der Waals surface area contributed by atoms with Crippen LogP contribution in [0.3, 0.4) is 0 Å². The van der Waals surface area contributed by atoms with Gasteiger partial charge in [-0.2, -0.15) is 21.0 Å². The zero-order valence-corrected chi connectivity index (χ0v) is 21.2. The Hall–Kier alpha value is -2.44. The number of hydrogen-bond donors (Lipinski definition) is 4. The monoisotopic (exact) mass is 566 g/mol. The predicted octanol–water partition coefficient (Wildman–Crippen LogP) is 4.76. The molecule has 0 saturated heterocycles. The van der Waals surface area contributed by atoms with Gasteiger partial charge in [0.15, 0.2) is 11.4 Å². The normalized spacial score (nSPS) is 16.2. The summed E-state index contributed by atoms with van der Waals surface area (Å²) in [7, 11) is 0. The van der Waals surface area contributed by atoms with Crippen LogP contribution in [0.25, 0.3) is 0 Å². The molecule has 6 atom stereocenters. The zero-order valence-electron chi connectivity index (χ0n) is 18.2. The molecule has 0 saturated carbocycles. The largest absolute Gasteiger partial charge is 0.595 e. The molecule has 2 unspecified atom stereocenters. The van der Waals surface area contributed by atoms with Gasteiger partial charge in [-0.25, -0.2) is 10.4 Å². The molecule has 0 spiro atoms. The van der Waals surface area contributed by atoms with E-state index in [1.54, 1.807) is 24.3 Å². The van der Waals surface area contributed by atoms with Gasteiger partial charge in [-0.05, 0) is 23.3 Å². The number of nitrogens with one attached hydrogen (secondary N) is 2. The maximum Gasteiger partial charge on any atom is 0.169 e. The molecule has 3 rings (SSSR count). The second-order valence-electron chi connectivity index (χ2n) is 7.72. The highest BCUT2D eigenvalue weighted by atomic mass is 35.5. The third-order valence-corrected chi connectivity index (χ3v) is 7.72. The van der Waals surface area contributed by atoms with Gasteiger partial charge in [0.1, 0.15) is 0 Å². The third-order valence-electron chi connectivity index (χ3n) is 5.48. The fraction of sp³-hybridized carbons (Fsp3) is 0.167. The van der Waals surface area contributed by atoms with E-state index in [1.165, 1.54) is 36.4 Å². The van der Waals surface area contributed by atoms with Gasteiger partial charge in [0.2, 0.25) is 0 Å². The van der Waals surface area contributed by atoms with Crippen LogP contribution in [-0.4, -0.2) is 10.4 Å². The highest BCUT2D eigenvalue weighted by molar-refractivity contribution is 6.31. The van der Waals surface area contributed by atoms with Crippen LogP contribution in [0.5, 0.6) is 0 Å². The van der Waals surface area contributed by atoms with E-state index in [9.17, 15) is 20.8 Å². The summed E-state index contributed by atoms with van der Waals surface area (Å²) in [4.78, 5) is 0. The zero-order chi connectivity index (χ0) is 26.6. The van der Waals surface area contributed by atoms with Gasteiger partial charge < -0.3 is 10.4 Å². The van der Waals surface area contributed by atoms with Gasteiger partial charge in [0, 0.05) is 23.3 Å². The van der Waals surface area contributed by atoms with Crippen LogP contribution < -0.4 is 10.5 Å². The lowest BCUT2D eigenvalue weighted by molar-refractivity contribution is -0.991. The SMILES string of the molecule is N#Cc1ccc([C@@H](Cl)[C@@H](Cl)c2cccc([C@H](Cl)[C@@H](Cl)c3ccc(C#N)cc3[NH+]([O-])O)c2)c([NH+]([O-])O)c1. The fourth-order valence-corrected chi connectivity index (χ4v) is 4.87. The summed E-state index contributed by atoms with van der Waals surface area (Å²) in [6.45, 7) is 0. The van der Waals surface area contributed by atoms with Gasteiger partial charge in [-0.15, -0.1) is 46.4 Å². The molecule has 3 aromatic carbocycles. The standard InChI is InChI=1S/C24H18Cl4N4O4/c25-21(23(27)17-6-4-13(11-29)8-19(17)31(33)34)15-2-1-3-16(10-15)22(26)24(28)18-7-5-14(12-30)9-20(18)32(35)36/h1-10,21-24,31-33,35H/t21-,22-,23-,24+/m0/s1. The molecule has 12 heteroatoms. The minimum absolute atomic E-state index is 0.131. The van der Waals surface area contributed by atoms with Crippen LogP contribution in [0.1, 0.15) is 54.9 Å². The van der Waals surface area contributed by atoms with Crippen molar-refractivity contribution in [1.29, 1.82) is 10.5 Å². The predicted molar refractivity (Wildman–Crippen MR) is 135 cm³/mol. The summed E-state index contributed by atoms with van der Waals surface area (Å²) < 4.78 is 0. The Morgan fingerprint density at radius 2 is 1.03 bits per heavy atom. The molecular formula is C24H18Cl4N4O4. The van der Waals surface area contributed by atoms with Crippen molar-refractivity contribution in [2.45, 2.75) is 21.5 Å². The van der Waals surface area contributed by atoms with Crippen molar-refractivity contribution in [1.82, 2.24) is 0 Å². The summed E-state index contributed by atoms with van der Waals surface area (Å²) in [6, 6.07) is 18.8. The van der Waals surface area contributed by atoms with Crippen LogP contribution in [0, 0.1) is 33.1 Å². The van der Waals surface area contributed by atoms with E-state index in [0.29, 0.717) is 11.1 Å². The number of benzene rings is 3. The van der Waals surface area contributed by atoms with Gasteiger partial charge in [0.05, 0.1) is 44.8 Å². The highest BCUT2D eigenvalue weighted by Crippen LogP contribution is 2.45. The minimum atomic E-state index is -1.24. The molecule has 0 bridgehead atoms. The number of alkyl halides is 4. The number of quaternary nitrogens is 2. The topological polar surface area (TPSA) is 143 Å². The molecule has 36 heavy (non-hydrogen) atoms. The molecule has 0 aliphatic carbocycles. The molecule has 0 heterocycles. The van der Waals surface area contributed by atoms with E-state index in [0.717, 1.165) is 0 Å². The molecule has 0 amide bonds. The number of halogens is 4. The van der Waals surface area contributed by atoms with E-state index in [4.69, 9.17) is 56.9 Å². The second-order valence-corrected chi connectivity index (χ2v) is 9.60. The van der Waals surface area contributed by atoms with Crippen molar-refractivity contribution in [3.05, 3.63) is 104 Å². The number of hydrogen-bond acceptors (Lipinski definition) is 6. The van der Waals surface area contributed by atoms with E-state index in [2.05, 4.69) is 0 Å². The Morgan fingerprint density at radius 3 is 1.36 bits per heavy atom. The summed E-state index contributed by atoms with van der Waals surface area (Å²) >= 11 is 26.4. The summed E-state index contributed by atoms with van der Waals surface area (Å²) in [5.74, 6) is 0. The van der Waals surface area contributed by atoms with Crippen LogP contribution in [-0.2, 0) is 0 Å². The molecule has 0 radical (unpaired) electrons. The van der Waals surface area contributed by atoms with Crippen molar-refractivity contribution in [2.24, 2.45) is 0 Å². The molecule has 0 fully saturated rings. The minimum Gasteiger partial charge on any atom is -0.595 e. The molecule has 0 aromatic heterocycles. The van der Waals surface area contributed by atoms with Crippen molar-refractivity contribution in [3.8, 4) is 12.1 Å². The Bertz CT molecular complexity index is 1230. The second kappa shape index (κ2) is 12.2. The smallest absolute Gasteiger partial charge is 0.169 e. The van der Waals surface area contributed by atoms with E-state index >= 15 is 0 Å². The van der Waals surface area contributed by atoms with E-state index in [-0.39, 0.29) is 33.6 Å². The number of nitrogens with zero attached hydrogens (tertiary/aromatic N) is 2. The Balaban J connectivity index is 1.92. The maximum absolute atomic E-state index is 11.7. The van der Waals surface area contributed by atoms with E-state index < -0.39 is 32.0 Å². The van der Waals surface area contributed by atoms with E-state index in [1.807, 2.05) is 12.1 Å². The Morgan fingerprint density at radius 1 is 0.639 bits per heavy atom. The lowest BCUT2D eigenvalue weighted by Gasteiger charge is -2.24. The first-order valence-corrected chi connectivity index (χ1v) is 12.0. The summed E-state index contributed by atoms with van der Waals surface area (Å²) in [5, 5.41) is 54.6. The summed E-state index contributed by atoms with van der Waals surface area (Å²) in [6.07, 6.45) is 0. The first-order chi connectivity index (χ1) is 17.1. The first kappa shape index (κ1) is 28.1. The van der Waals surface area contributed by atoms with Crippen molar-refractivity contribution < 1.29 is 20.9 Å². The number of nitriles is 2. The maximum atomic E-state index is 11.7. The molecule has 8 nitrogen and oxygen atoms in total. The quantitative estimate of drug-likeness (QED) is 0.228. The van der Waals surface area contributed by atoms with Gasteiger partial charge >= 0.3 is 0 Å². The van der Waals surface area contributed by atoms with Gasteiger partial charge in [0.25, 0.3) is 0 Å². The molecule has 3 aromatic rings. The highest BCUT2D eigenvalue weighted by Gasteiger charge is 2.29. The van der Waals surface area contributed by atoms with Crippen LogP contribution in [0.2, 0.25) is 0 Å². The van der Waals surface area contributed by atoms with Crippen LogP contribution in [0.15, 0.2) is 60.7 Å². The lowest BCUT2D eigenvalue weighted by atomic mass is 9.96. The van der Waals surface area contributed by atoms with Gasteiger partial charge in [-0.1, -0.05) is 36.4 Å². The molecule has 186 valence electrons. The van der Waals surface area contributed by atoms with Crippen LogP contribution >= 0.6 is 46.4 Å². The van der Waals surface area contributed by atoms with Crippen molar-refractivity contribution in [2.75, 3.05) is 0 Å². The average Bonchev–Trinajstić information content (AvgIpc) is 2.90. The average molecular weight is 568 g/mol. The number of rotatable bonds is 8. The Kier molecular flexibility index (Phi) is 9.53. The third kappa shape index (κ3) is 6.09. The van der Waals surface area contributed by atoms with Crippen molar-refractivity contribution >= 4 is 57.8 Å². The first-order valence-electron chi connectivity index (χ1n) is 10.3. The molecule has 0 aliphatic heterocycles. The van der Waals surface area contributed by atoms with Crippen molar-refractivity contribution in [3.63, 3.8) is 0 Å². The summed E-state index contributed by atoms with van der Waals surface area (Å²) in [5.41, 5.74) is 1.64. The van der Waals surface area contributed by atoms with Gasteiger partial charge in [-0.3, -0.25) is 0 Å². The lowest BCUT2D eigenvalue weighted by Crippen LogP contribution is -2.99. The molecule has 0 aliphatic rings. The fourth-order valence-electron chi connectivity index (χ4n) is 3.66. The molecular weight excluding hydrogens is 550 g/mol. The van der Waals surface area contributed by atoms with Crippen LogP contribution in [0.4, 0.5) is 11.4 Å².